The van der Waals surface area contributed by atoms with E-state index < -0.39 is 0 Å². The molecule has 0 saturated carbocycles. The molecule has 1 saturated heterocycles. The van der Waals surface area contributed by atoms with Gasteiger partial charge in [-0.3, -0.25) is 0 Å². The van der Waals surface area contributed by atoms with Crippen LogP contribution in [0.2, 0.25) is 0 Å². The summed E-state index contributed by atoms with van der Waals surface area (Å²) in [6.45, 7) is 7.19. The molecule has 0 spiro atoms. The van der Waals surface area contributed by atoms with Crippen LogP contribution in [0.15, 0.2) is 0 Å². The third-order valence-electron chi connectivity index (χ3n) is 3.32. The molecule has 25 heavy (non-hydrogen) atoms. The summed E-state index contributed by atoms with van der Waals surface area (Å²) in [7, 11) is 13.9. The van der Waals surface area contributed by atoms with Crippen LogP contribution in [0.4, 0.5) is 0 Å². The Kier molecular flexibility index (Phi) is 22.1. The maximum atomic E-state index is 4.56. The number of hydrogen-bond donors (Lipinski definition) is 0. The van der Waals surface area contributed by atoms with Crippen LogP contribution in [0, 0.1) is 0 Å². The van der Waals surface area contributed by atoms with Crippen molar-refractivity contribution in [2.24, 2.45) is 0 Å². The zero-order valence-corrected chi connectivity index (χ0v) is 21.5. The summed E-state index contributed by atoms with van der Waals surface area (Å²) in [5.74, 6) is 0. The number of nitrogens with zero attached hydrogens (tertiary/aromatic N) is 5. The summed E-state index contributed by atoms with van der Waals surface area (Å²) < 4.78 is 1.02. The van der Waals surface area contributed by atoms with Crippen molar-refractivity contribution in [3.05, 3.63) is 0 Å². The van der Waals surface area contributed by atoms with Crippen molar-refractivity contribution >= 4 is 58.3 Å². The largest absolute Gasteiger partial charge is 3.00 e. The second-order valence-corrected chi connectivity index (χ2v) is 8.29. The fraction of sp³-hybridized carbons (Fsp3) is 0.867. The molecule has 0 atom stereocenters. The first-order valence-corrected chi connectivity index (χ1v) is 9.42. The van der Waals surface area contributed by atoms with Gasteiger partial charge in [-0.05, 0) is 21.1 Å². The van der Waals surface area contributed by atoms with E-state index in [1.807, 2.05) is 28.2 Å². The Hall–Kier alpha value is 0.723. The minimum Gasteiger partial charge on any atom is -0.411 e. The van der Waals surface area contributed by atoms with Gasteiger partial charge in [0.15, 0.2) is 0 Å². The Balaban J connectivity index is -0.000000319. The SMILES string of the molecule is CN(C)C(=S)[S-].CN(C)C(=S)[S-].CN1CCN(C)CCN(C)CC1.[Ru+3]. The molecule has 0 amide bonds. The minimum atomic E-state index is 0. The molecule has 1 fully saturated rings. The third-order valence-corrected chi connectivity index (χ3v) is 4.78. The van der Waals surface area contributed by atoms with Gasteiger partial charge < -0.3 is 74.2 Å². The van der Waals surface area contributed by atoms with E-state index in [1.165, 1.54) is 39.3 Å². The van der Waals surface area contributed by atoms with Gasteiger partial charge in [-0.15, -0.1) is 0 Å². The zero-order chi connectivity index (χ0) is 19.3. The van der Waals surface area contributed by atoms with Crippen molar-refractivity contribution < 1.29 is 19.5 Å². The Morgan fingerprint density at radius 3 is 0.840 bits per heavy atom. The Bertz CT molecular complexity index is 305. The Morgan fingerprint density at radius 1 is 0.640 bits per heavy atom. The second-order valence-electron chi connectivity index (χ2n) is 6.23. The second kappa shape index (κ2) is 18.1. The van der Waals surface area contributed by atoms with E-state index in [9.17, 15) is 0 Å². The molecule has 10 heteroatoms. The standard InChI is InChI=1S/C9H21N3.2C3H7NS2.Ru/c1-10-4-6-11(2)8-9-12(3)7-5-10;2*1-4(2)3(5)6;/h4-9H2,1-3H3;2*1-2H3,(H,5,6);/q;;;+3/p-2. The summed E-state index contributed by atoms with van der Waals surface area (Å²) in [5, 5.41) is 0. The van der Waals surface area contributed by atoms with Crippen LogP contribution in [0.5, 0.6) is 0 Å². The molecule has 1 aliphatic heterocycles. The van der Waals surface area contributed by atoms with Crippen molar-refractivity contribution in [3.63, 3.8) is 0 Å². The summed E-state index contributed by atoms with van der Waals surface area (Å²) >= 11 is 18.2. The predicted octanol–water partition coefficient (Wildman–Crippen LogP) is 0.553. The van der Waals surface area contributed by atoms with Crippen LogP contribution < -0.4 is 0 Å². The van der Waals surface area contributed by atoms with Gasteiger partial charge in [0.1, 0.15) is 0 Å². The molecule has 0 aliphatic carbocycles. The average Bonchev–Trinajstić information content (AvgIpc) is 2.55. The van der Waals surface area contributed by atoms with Gasteiger partial charge in [-0.2, -0.15) is 0 Å². The van der Waals surface area contributed by atoms with E-state index in [0.717, 1.165) is 0 Å². The Morgan fingerprint density at radius 2 is 0.760 bits per heavy atom. The van der Waals surface area contributed by atoms with Crippen LogP contribution in [0.3, 0.4) is 0 Å². The third kappa shape index (κ3) is 22.7. The van der Waals surface area contributed by atoms with Gasteiger partial charge in [0.2, 0.25) is 0 Å². The first-order valence-electron chi connectivity index (χ1n) is 7.79. The van der Waals surface area contributed by atoms with Crippen molar-refractivity contribution in [1.82, 2.24) is 24.5 Å². The molecule has 0 bridgehead atoms. The molecule has 149 valence electrons. The Labute approximate surface area is 190 Å². The maximum Gasteiger partial charge on any atom is 3.00 e. The van der Waals surface area contributed by atoms with Gasteiger partial charge in [0, 0.05) is 67.5 Å². The number of hydrogen-bond acceptors (Lipinski definition) is 7. The molecule has 5 nitrogen and oxygen atoms in total. The van der Waals surface area contributed by atoms with Crippen LogP contribution in [-0.4, -0.2) is 122 Å². The molecule has 1 rings (SSSR count). The summed E-state index contributed by atoms with van der Waals surface area (Å²) in [6.07, 6.45) is 0. The molecule has 1 radical (unpaired) electrons. The van der Waals surface area contributed by atoms with Crippen molar-refractivity contribution in [2.45, 2.75) is 0 Å². The fourth-order valence-electron chi connectivity index (χ4n) is 1.36. The normalized spacial score (nSPS) is 16.3. The molecular formula is C15H33N5RuS4+. The number of thiocarbonyl (C=S) groups is 2. The number of likely N-dealkylation sites (N-methyl/N-ethyl adjacent to an activating group) is 3. The minimum absolute atomic E-state index is 0. The van der Waals surface area contributed by atoms with Crippen molar-refractivity contribution in [2.75, 3.05) is 88.6 Å². The van der Waals surface area contributed by atoms with Gasteiger partial charge in [0.05, 0.1) is 0 Å². The summed E-state index contributed by atoms with van der Waals surface area (Å²) in [5.41, 5.74) is 0. The first-order chi connectivity index (χ1) is 11.0. The van der Waals surface area contributed by atoms with Crippen molar-refractivity contribution in [3.8, 4) is 0 Å². The van der Waals surface area contributed by atoms with Gasteiger partial charge in [-0.1, -0.05) is 8.64 Å². The molecular weight excluding hydrogens is 480 g/mol. The maximum absolute atomic E-state index is 4.56. The first kappa shape index (κ1) is 30.5. The number of rotatable bonds is 0. The quantitative estimate of drug-likeness (QED) is 0.261. The van der Waals surface area contributed by atoms with Gasteiger partial charge in [0.25, 0.3) is 0 Å². The van der Waals surface area contributed by atoms with E-state index in [1.54, 1.807) is 9.80 Å². The molecule has 0 unspecified atom stereocenters. The monoisotopic (exact) mass is 513 g/mol. The topological polar surface area (TPSA) is 16.2 Å². The van der Waals surface area contributed by atoms with Crippen LogP contribution in [-0.2, 0) is 44.7 Å². The molecule has 0 aromatic heterocycles. The van der Waals surface area contributed by atoms with E-state index in [2.05, 4.69) is 85.5 Å². The van der Waals surface area contributed by atoms with E-state index in [0.29, 0.717) is 8.64 Å². The zero-order valence-electron chi connectivity index (χ0n) is 16.5. The van der Waals surface area contributed by atoms with Gasteiger partial charge in [-0.25, -0.2) is 0 Å². The van der Waals surface area contributed by atoms with Crippen LogP contribution >= 0.6 is 24.4 Å². The molecule has 1 heterocycles. The van der Waals surface area contributed by atoms with Crippen molar-refractivity contribution in [1.29, 1.82) is 0 Å². The van der Waals surface area contributed by atoms with Crippen LogP contribution in [0.1, 0.15) is 0 Å². The molecule has 0 N–H and O–H groups in total. The summed E-state index contributed by atoms with van der Waals surface area (Å²) in [6, 6.07) is 0. The predicted molar refractivity (Wildman–Crippen MR) is 120 cm³/mol. The fourth-order valence-corrected chi connectivity index (χ4v) is 1.36. The smallest absolute Gasteiger partial charge is 0.411 e. The van der Waals surface area contributed by atoms with Crippen LogP contribution in [0.25, 0.3) is 0 Å². The molecule has 0 aromatic rings. The molecule has 0 aromatic carbocycles. The van der Waals surface area contributed by atoms with Gasteiger partial charge >= 0.3 is 19.5 Å². The summed E-state index contributed by atoms with van der Waals surface area (Å²) in [4.78, 5) is 10.6. The van der Waals surface area contributed by atoms with E-state index >= 15 is 0 Å². The van der Waals surface area contributed by atoms with E-state index in [-0.39, 0.29) is 19.5 Å². The molecule has 1 aliphatic rings. The van der Waals surface area contributed by atoms with E-state index in [4.69, 9.17) is 0 Å². The average molecular weight is 513 g/mol.